The standard InChI is InChI=1S/C10H14O2.CH4S/c1-10-5-4-8(11)6-7(10)2-3-9(10)12;1-2/h6,9,12H,2-5H2,1H3;2H,1H3. The van der Waals surface area contributed by atoms with E-state index in [-0.39, 0.29) is 17.3 Å². The summed E-state index contributed by atoms with van der Waals surface area (Å²) in [4.78, 5) is 11.1. The van der Waals surface area contributed by atoms with Gasteiger partial charge in [-0.2, -0.15) is 12.6 Å². The fourth-order valence-electron chi connectivity index (χ4n) is 2.32. The molecule has 2 rings (SSSR count). The number of hydrogen-bond donors (Lipinski definition) is 2. The summed E-state index contributed by atoms with van der Waals surface area (Å²) in [6.07, 6.45) is 6.39. The maximum absolute atomic E-state index is 11.1. The van der Waals surface area contributed by atoms with E-state index in [0.717, 1.165) is 19.3 Å². The molecule has 2 aliphatic carbocycles. The number of aliphatic hydroxyl groups excluding tert-OH is 1. The van der Waals surface area contributed by atoms with Gasteiger partial charge in [-0.3, -0.25) is 4.79 Å². The van der Waals surface area contributed by atoms with E-state index < -0.39 is 0 Å². The van der Waals surface area contributed by atoms with Crippen molar-refractivity contribution >= 4 is 18.4 Å². The molecule has 2 unspecified atom stereocenters. The van der Waals surface area contributed by atoms with Crippen molar-refractivity contribution in [3.8, 4) is 0 Å². The van der Waals surface area contributed by atoms with Gasteiger partial charge in [-0.05, 0) is 31.6 Å². The van der Waals surface area contributed by atoms with Crippen LogP contribution in [0.15, 0.2) is 11.6 Å². The predicted octanol–water partition coefficient (Wildman–Crippen LogP) is 1.98. The van der Waals surface area contributed by atoms with Crippen molar-refractivity contribution in [3.63, 3.8) is 0 Å². The molecule has 0 saturated heterocycles. The van der Waals surface area contributed by atoms with Gasteiger partial charge in [0.15, 0.2) is 5.78 Å². The van der Waals surface area contributed by atoms with Gasteiger partial charge in [0.1, 0.15) is 0 Å². The van der Waals surface area contributed by atoms with Gasteiger partial charge in [-0.25, -0.2) is 0 Å². The van der Waals surface area contributed by atoms with Crippen molar-refractivity contribution in [2.45, 2.75) is 38.7 Å². The molecule has 2 aliphatic rings. The van der Waals surface area contributed by atoms with Crippen LogP contribution in [0.4, 0.5) is 0 Å². The van der Waals surface area contributed by atoms with Crippen LogP contribution in [0.2, 0.25) is 0 Å². The van der Waals surface area contributed by atoms with E-state index in [9.17, 15) is 9.90 Å². The van der Waals surface area contributed by atoms with E-state index in [1.54, 1.807) is 12.3 Å². The summed E-state index contributed by atoms with van der Waals surface area (Å²) >= 11 is 3.53. The molecule has 80 valence electrons. The minimum atomic E-state index is -0.225. The van der Waals surface area contributed by atoms with Crippen LogP contribution in [-0.4, -0.2) is 23.2 Å². The van der Waals surface area contributed by atoms with Gasteiger partial charge in [0.05, 0.1) is 6.10 Å². The van der Waals surface area contributed by atoms with Crippen molar-refractivity contribution in [2.24, 2.45) is 5.41 Å². The second-order valence-corrected chi connectivity index (χ2v) is 4.11. The monoisotopic (exact) mass is 214 g/mol. The third-order valence-electron chi connectivity index (χ3n) is 3.38. The van der Waals surface area contributed by atoms with Gasteiger partial charge >= 0.3 is 0 Å². The van der Waals surface area contributed by atoms with Crippen LogP contribution >= 0.6 is 12.6 Å². The predicted molar refractivity (Wildman–Crippen MR) is 60.6 cm³/mol. The third-order valence-corrected chi connectivity index (χ3v) is 3.38. The zero-order valence-corrected chi connectivity index (χ0v) is 9.68. The summed E-state index contributed by atoms with van der Waals surface area (Å²) in [5.41, 5.74) is 1.10. The molecule has 0 bridgehead atoms. The summed E-state index contributed by atoms with van der Waals surface area (Å²) in [5, 5.41) is 9.72. The molecule has 3 heteroatoms. The highest BCUT2D eigenvalue weighted by Crippen LogP contribution is 2.48. The van der Waals surface area contributed by atoms with Crippen LogP contribution in [-0.2, 0) is 4.79 Å². The Morgan fingerprint density at radius 2 is 2.14 bits per heavy atom. The van der Waals surface area contributed by atoms with Gasteiger partial charge < -0.3 is 5.11 Å². The lowest BCUT2D eigenvalue weighted by atomic mass is 9.74. The fraction of sp³-hybridized carbons (Fsp3) is 0.727. The average Bonchev–Trinajstić information content (AvgIpc) is 2.48. The Morgan fingerprint density at radius 1 is 1.50 bits per heavy atom. The lowest BCUT2D eigenvalue weighted by molar-refractivity contribution is -0.116. The van der Waals surface area contributed by atoms with E-state index in [1.165, 1.54) is 5.57 Å². The first-order valence-corrected chi connectivity index (χ1v) is 5.89. The lowest BCUT2D eigenvalue weighted by Gasteiger charge is -2.32. The van der Waals surface area contributed by atoms with E-state index in [1.807, 2.05) is 0 Å². The molecular weight excluding hydrogens is 196 g/mol. The largest absolute Gasteiger partial charge is 0.392 e. The molecule has 1 fully saturated rings. The number of carbonyl (C=O) groups excluding carboxylic acids is 1. The van der Waals surface area contributed by atoms with Crippen molar-refractivity contribution in [3.05, 3.63) is 11.6 Å². The second kappa shape index (κ2) is 4.49. The molecule has 0 heterocycles. The minimum absolute atomic E-state index is 0.0755. The van der Waals surface area contributed by atoms with Crippen LogP contribution in [0.5, 0.6) is 0 Å². The van der Waals surface area contributed by atoms with E-state index in [0.29, 0.717) is 6.42 Å². The number of aliphatic hydroxyl groups is 1. The first-order valence-electron chi connectivity index (χ1n) is 4.99. The highest BCUT2D eigenvalue weighted by Gasteiger charge is 2.43. The Balaban J connectivity index is 0.000000461. The highest BCUT2D eigenvalue weighted by atomic mass is 32.1. The molecule has 2 atom stereocenters. The maximum atomic E-state index is 11.1. The number of ketones is 1. The van der Waals surface area contributed by atoms with Crippen molar-refractivity contribution in [2.75, 3.05) is 6.26 Å². The first-order chi connectivity index (χ1) is 6.63. The summed E-state index contributed by atoms with van der Waals surface area (Å²) in [5.74, 6) is 0.233. The van der Waals surface area contributed by atoms with E-state index in [2.05, 4.69) is 19.6 Å². The van der Waals surface area contributed by atoms with Crippen molar-refractivity contribution in [1.29, 1.82) is 0 Å². The molecule has 0 aromatic rings. The summed E-state index contributed by atoms with van der Waals surface area (Å²) in [6, 6.07) is 0. The maximum Gasteiger partial charge on any atom is 0.155 e. The van der Waals surface area contributed by atoms with Crippen molar-refractivity contribution < 1.29 is 9.90 Å². The Kier molecular flexibility index (Phi) is 3.78. The number of thiol groups is 1. The van der Waals surface area contributed by atoms with Crippen molar-refractivity contribution in [1.82, 2.24) is 0 Å². The topological polar surface area (TPSA) is 37.3 Å². The van der Waals surface area contributed by atoms with Gasteiger partial charge in [-0.15, -0.1) is 0 Å². The fourth-order valence-corrected chi connectivity index (χ4v) is 2.32. The summed E-state index contributed by atoms with van der Waals surface area (Å²) in [7, 11) is 0. The van der Waals surface area contributed by atoms with Crippen LogP contribution < -0.4 is 0 Å². The number of allylic oxidation sites excluding steroid dienone is 1. The average molecular weight is 214 g/mol. The first kappa shape index (κ1) is 11.8. The number of fused-ring (bicyclic) bond motifs is 1. The lowest BCUT2D eigenvalue weighted by Crippen LogP contribution is -2.31. The minimum Gasteiger partial charge on any atom is -0.392 e. The zero-order chi connectivity index (χ0) is 10.8. The molecule has 2 nitrogen and oxygen atoms in total. The number of rotatable bonds is 0. The third kappa shape index (κ3) is 1.89. The number of hydrogen-bond acceptors (Lipinski definition) is 3. The molecule has 1 N–H and O–H groups in total. The van der Waals surface area contributed by atoms with E-state index >= 15 is 0 Å². The molecule has 14 heavy (non-hydrogen) atoms. The zero-order valence-electron chi connectivity index (χ0n) is 8.79. The van der Waals surface area contributed by atoms with Gasteiger partial charge in [-0.1, -0.05) is 12.5 Å². The van der Waals surface area contributed by atoms with Crippen LogP contribution in [0.25, 0.3) is 0 Å². The van der Waals surface area contributed by atoms with Crippen LogP contribution in [0.1, 0.15) is 32.6 Å². The van der Waals surface area contributed by atoms with Gasteiger partial charge in [0.25, 0.3) is 0 Å². The molecule has 1 saturated carbocycles. The Morgan fingerprint density at radius 3 is 2.79 bits per heavy atom. The Bertz CT molecular complexity index is 260. The molecule has 0 aromatic heterocycles. The normalized spacial score (nSPS) is 35.6. The van der Waals surface area contributed by atoms with Crippen LogP contribution in [0.3, 0.4) is 0 Å². The molecule has 0 radical (unpaired) electrons. The van der Waals surface area contributed by atoms with Crippen LogP contribution in [0, 0.1) is 5.41 Å². The second-order valence-electron chi connectivity index (χ2n) is 4.11. The Labute approximate surface area is 90.8 Å². The molecular formula is C11H18O2S. The Hall–Kier alpha value is -0.280. The summed E-state index contributed by atoms with van der Waals surface area (Å²) < 4.78 is 0. The number of carbonyl (C=O) groups is 1. The quantitative estimate of drug-likeness (QED) is 0.605. The van der Waals surface area contributed by atoms with E-state index in [4.69, 9.17) is 0 Å². The molecule has 0 spiro atoms. The molecule has 0 aliphatic heterocycles. The SMILES string of the molecule is CC12CCC(=O)C=C1CCC2O.CS. The highest BCUT2D eigenvalue weighted by molar-refractivity contribution is 7.79. The van der Waals surface area contributed by atoms with Gasteiger partial charge in [0.2, 0.25) is 0 Å². The summed E-state index contributed by atoms with van der Waals surface area (Å²) in [6.45, 7) is 2.07. The van der Waals surface area contributed by atoms with Gasteiger partial charge in [0, 0.05) is 11.8 Å². The smallest absolute Gasteiger partial charge is 0.155 e. The molecule has 0 amide bonds. The molecule has 0 aromatic carbocycles.